The van der Waals surface area contributed by atoms with Crippen molar-refractivity contribution in [3.05, 3.63) is 48.0 Å². The van der Waals surface area contributed by atoms with Crippen LogP contribution in [-0.4, -0.2) is 11.7 Å². The molecule has 0 aromatic heterocycles. The highest BCUT2D eigenvalue weighted by atomic mass is 32.2. The van der Waals surface area contributed by atoms with Crippen LogP contribution in [0.1, 0.15) is 11.0 Å². The lowest BCUT2D eigenvalue weighted by molar-refractivity contribution is -0.141. The molecule has 1 saturated heterocycles. The number of carbonyl (C=O) groups is 1. The van der Waals surface area contributed by atoms with Gasteiger partial charge in [0.25, 0.3) is 0 Å². The van der Waals surface area contributed by atoms with Gasteiger partial charge >= 0.3 is 5.97 Å². The van der Waals surface area contributed by atoms with Crippen molar-refractivity contribution in [2.24, 2.45) is 0 Å². The van der Waals surface area contributed by atoms with Crippen molar-refractivity contribution in [2.45, 2.75) is 5.44 Å². The SMILES string of the molecule is C=C1CSC(c2ccccc2)OC1=O. The Labute approximate surface area is 87.0 Å². The minimum Gasteiger partial charge on any atom is -0.443 e. The van der Waals surface area contributed by atoms with Crippen molar-refractivity contribution in [1.82, 2.24) is 0 Å². The summed E-state index contributed by atoms with van der Waals surface area (Å²) < 4.78 is 5.21. The molecule has 1 aromatic rings. The fraction of sp³-hybridized carbons (Fsp3) is 0.182. The van der Waals surface area contributed by atoms with E-state index in [1.807, 2.05) is 30.3 Å². The monoisotopic (exact) mass is 206 g/mol. The molecule has 2 nitrogen and oxygen atoms in total. The minimum absolute atomic E-state index is 0.172. The Kier molecular flexibility index (Phi) is 2.59. The highest BCUT2D eigenvalue weighted by Crippen LogP contribution is 2.35. The van der Waals surface area contributed by atoms with E-state index < -0.39 is 0 Å². The Morgan fingerprint density at radius 2 is 2.07 bits per heavy atom. The fourth-order valence-electron chi connectivity index (χ4n) is 1.22. The molecular weight excluding hydrogens is 196 g/mol. The van der Waals surface area contributed by atoms with Crippen LogP contribution in [0.15, 0.2) is 42.5 Å². The smallest absolute Gasteiger partial charge is 0.335 e. The molecule has 0 saturated carbocycles. The van der Waals surface area contributed by atoms with Crippen molar-refractivity contribution >= 4 is 17.7 Å². The molecule has 1 fully saturated rings. The molecule has 14 heavy (non-hydrogen) atoms. The summed E-state index contributed by atoms with van der Waals surface area (Å²) in [6.07, 6.45) is 0. The van der Waals surface area contributed by atoms with Gasteiger partial charge < -0.3 is 4.74 Å². The number of thioether (sulfide) groups is 1. The van der Waals surface area contributed by atoms with Crippen molar-refractivity contribution in [2.75, 3.05) is 5.75 Å². The maximum absolute atomic E-state index is 11.2. The van der Waals surface area contributed by atoms with Crippen LogP contribution in [0, 0.1) is 0 Å². The third kappa shape index (κ3) is 1.82. The summed E-state index contributed by atoms with van der Waals surface area (Å²) in [5, 5.41) is 0. The summed E-state index contributed by atoms with van der Waals surface area (Å²) in [7, 11) is 0. The lowest BCUT2D eigenvalue weighted by Crippen LogP contribution is -2.18. The number of benzene rings is 1. The highest BCUT2D eigenvalue weighted by Gasteiger charge is 2.24. The van der Waals surface area contributed by atoms with Gasteiger partial charge in [0.1, 0.15) is 0 Å². The topological polar surface area (TPSA) is 26.3 Å². The van der Waals surface area contributed by atoms with E-state index in [2.05, 4.69) is 6.58 Å². The predicted octanol–water partition coefficient (Wildman–Crippen LogP) is 2.53. The second-order valence-electron chi connectivity index (χ2n) is 3.06. The first-order valence-electron chi connectivity index (χ1n) is 4.32. The Bertz CT molecular complexity index is 359. The van der Waals surface area contributed by atoms with Crippen LogP contribution in [0.3, 0.4) is 0 Å². The van der Waals surface area contributed by atoms with Crippen LogP contribution in [-0.2, 0) is 9.53 Å². The molecule has 0 N–H and O–H groups in total. The Morgan fingerprint density at radius 1 is 1.36 bits per heavy atom. The lowest BCUT2D eigenvalue weighted by Gasteiger charge is -2.23. The molecule has 0 aliphatic carbocycles. The third-order valence-electron chi connectivity index (χ3n) is 1.98. The Morgan fingerprint density at radius 3 is 2.71 bits per heavy atom. The van der Waals surface area contributed by atoms with Gasteiger partial charge in [-0.25, -0.2) is 4.79 Å². The first-order chi connectivity index (χ1) is 6.77. The molecule has 1 unspecified atom stereocenters. The zero-order valence-electron chi connectivity index (χ0n) is 7.60. The second-order valence-corrected chi connectivity index (χ2v) is 4.11. The predicted molar refractivity (Wildman–Crippen MR) is 56.9 cm³/mol. The number of cyclic esters (lactones) is 1. The van der Waals surface area contributed by atoms with Crippen LogP contribution >= 0.6 is 11.8 Å². The molecule has 1 atom stereocenters. The van der Waals surface area contributed by atoms with Crippen LogP contribution in [0.25, 0.3) is 0 Å². The average Bonchev–Trinajstić information content (AvgIpc) is 2.23. The molecule has 2 rings (SSSR count). The van der Waals surface area contributed by atoms with Crippen LogP contribution in [0.5, 0.6) is 0 Å². The van der Waals surface area contributed by atoms with E-state index in [4.69, 9.17) is 4.74 Å². The summed E-state index contributed by atoms with van der Waals surface area (Å²) in [4.78, 5) is 11.2. The normalized spacial score (nSPS) is 21.9. The summed E-state index contributed by atoms with van der Waals surface area (Å²) in [6, 6.07) is 9.73. The van der Waals surface area contributed by atoms with Gasteiger partial charge in [-0.15, -0.1) is 11.8 Å². The average molecular weight is 206 g/mol. The molecule has 1 aliphatic rings. The number of ether oxygens (including phenoxy) is 1. The van der Waals surface area contributed by atoms with Gasteiger partial charge in [0.05, 0.1) is 0 Å². The molecule has 1 aromatic carbocycles. The quantitative estimate of drug-likeness (QED) is 0.521. The zero-order valence-corrected chi connectivity index (χ0v) is 8.42. The first kappa shape index (κ1) is 9.34. The number of hydrogen-bond acceptors (Lipinski definition) is 3. The van der Waals surface area contributed by atoms with Crippen LogP contribution in [0.4, 0.5) is 0 Å². The number of hydrogen-bond donors (Lipinski definition) is 0. The number of carbonyl (C=O) groups excluding carboxylic acids is 1. The van der Waals surface area contributed by atoms with E-state index >= 15 is 0 Å². The van der Waals surface area contributed by atoms with Crippen molar-refractivity contribution in [1.29, 1.82) is 0 Å². The Hall–Kier alpha value is -1.22. The summed E-state index contributed by atoms with van der Waals surface area (Å²) in [5.74, 6) is 0.371. The first-order valence-corrected chi connectivity index (χ1v) is 5.37. The van der Waals surface area contributed by atoms with E-state index in [0.717, 1.165) is 5.56 Å². The number of esters is 1. The van der Waals surface area contributed by atoms with Gasteiger partial charge in [0, 0.05) is 16.9 Å². The molecule has 1 heterocycles. The van der Waals surface area contributed by atoms with Gasteiger partial charge in [0.2, 0.25) is 0 Å². The zero-order chi connectivity index (χ0) is 9.97. The summed E-state index contributed by atoms with van der Waals surface area (Å²) in [5.41, 5.74) is 1.40. The molecule has 0 radical (unpaired) electrons. The number of rotatable bonds is 1. The Balaban J connectivity index is 2.14. The molecule has 3 heteroatoms. The van der Waals surface area contributed by atoms with Gasteiger partial charge in [-0.1, -0.05) is 36.9 Å². The van der Waals surface area contributed by atoms with Crippen LogP contribution in [0.2, 0.25) is 0 Å². The van der Waals surface area contributed by atoms with Crippen molar-refractivity contribution in [3.8, 4) is 0 Å². The third-order valence-corrected chi connectivity index (χ3v) is 3.17. The van der Waals surface area contributed by atoms with E-state index in [1.165, 1.54) is 0 Å². The maximum Gasteiger partial charge on any atom is 0.335 e. The largest absolute Gasteiger partial charge is 0.443 e. The van der Waals surface area contributed by atoms with Gasteiger partial charge in [-0.3, -0.25) is 0 Å². The van der Waals surface area contributed by atoms with E-state index in [-0.39, 0.29) is 11.4 Å². The molecule has 1 aliphatic heterocycles. The van der Waals surface area contributed by atoms with Crippen molar-refractivity contribution < 1.29 is 9.53 Å². The molecule has 0 amide bonds. The summed E-state index contributed by atoms with van der Waals surface area (Å²) in [6.45, 7) is 3.63. The van der Waals surface area contributed by atoms with E-state index in [0.29, 0.717) is 11.3 Å². The van der Waals surface area contributed by atoms with Crippen molar-refractivity contribution in [3.63, 3.8) is 0 Å². The second kappa shape index (κ2) is 3.88. The fourth-order valence-corrected chi connectivity index (χ4v) is 2.20. The van der Waals surface area contributed by atoms with Gasteiger partial charge in [-0.2, -0.15) is 0 Å². The minimum atomic E-state index is -0.280. The standard InChI is InChI=1S/C11H10O2S/c1-8-7-14-11(13-10(8)12)9-5-3-2-4-6-9/h2-6,11H,1,7H2. The van der Waals surface area contributed by atoms with E-state index in [9.17, 15) is 4.79 Å². The van der Waals surface area contributed by atoms with Gasteiger partial charge in [-0.05, 0) is 0 Å². The molecular formula is C11H10O2S. The highest BCUT2D eigenvalue weighted by molar-refractivity contribution is 7.99. The van der Waals surface area contributed by atoms with E-state index in [1.54, 1.807) is 11.8 Å². The summed E-state index contributed by atoms with van der Waals surface area (Å²) >= 11 is 1.59. The maximum atomic E-state index is 11.2. The van der Waals surface area contributed by atoms with Gasteiger partial charge in [0.15, 0.2) is 5.44 Å². The lowest BCUT2D eigenvalue weighted by atomic mass is 10.2. The molecule has 72 valence electrons. The molecule has 0 spiro atoms. The molecule has 0 bridgehead atoms. The van der Waals surface area contributed by atoms with Crippen LogP contribution < -0.4 is 0 Å².